The van der Waals surface area contributed by atoms with Crippen LogP contribution in [0.1, 0.15) is 36.7 Å². The van der Waals surface area contributed by atoms with Crippen molar-refractivity contribution in [2.24, 2.45) is 11.8 Å². The van der Waals surface area contributed by atoms with E-state index in [-0.39, 0.29) is 5.57 Å². The Bertz CT molecular complexity index is 1620. The molecule has 0 amide bonds. The lowest BCUT2D eigenvalue weighted by Gasteiger charge is -2.64. The molecule has 3 aliphatic carbocycles. The fraction of sp³-hybridized carbons (Fsp3) is 0.455. The molecule has 2 aromatic carbocycles. The van der Waals surface area contributed by atoms with E-state index in [1.807, 2.05) is 6.07 Å². The first-order valence-electron chi connectivity index (χ1n) is 14.4. The minimum atomic E-state index is -2.41. The summed E-state index contributed by atoms with van der Waals surface area (Å²) in [6.07, 6.45) is -2.52. The third-order valence-corrected chi connectivity index (χ3v) is 10.9. The number of carbonyl (C=O) groups excluding carboxylic acids is 2. The Morgan fingerprint density at radius 2 is 1.70 bits per heavy atom. The molecule has 0 radical (unpaired) electrons. The number of carbonyl (C=O) groups is 2. The fourth-order valence-corrected chi connectivity index (χ4v) is 9.07. The summed E-state index contributed by atoms with van der Waals surface area (Å²) in [5, 5.41) is 34.9. The molecule has 3 N–H and O–H groups in total. The first-order valence-corrected chi connectivity index (χ1v) is 14.4. The van der Waals surface area contributed by atoms with Crippen molar-refractivity contribution in [2.45, 2.75) is 73.1 Å². The second kappa shape index (κ2) is 8.08. The molecule has 11 atom stereocenters. The van der Waals surface area contributed by atoms with Crippen molar-refractivity contribution < 1.29 is 48.6 Å². The van der Waals surface area contributed by atoms with Crippen LogP contribution in [0.15, 0.2) is 84.5 Å². The summed E-state index contributed by atoms with van der Waals surface area (Å²) in [4.78, 5) is 27.3. The summed E-state index contributed by atoms with van der Waals surface area (Å²) >= 11 is 0. The van der Waals surface area contributed by atoms with Crippen LogP contribution in [0.2, 0.25) is 0 Å². The number of hydrogen-bond acceptors (Lipinski definition) is 10. The predicted molar refractivity (Wildman–Crippen MR) is 147 cm³/mol. The molecule has 2 saturated carbocycles. The molecule has 0 aromatic heterocycles. The van der Waals surface area contributed by atoms with Gasteiger partial charge in [-0.3, -0.25) is 4.79 Å². The second-order valence-corrected chi connectivity index (χ2v) is 12.7. The van der Waals surface area contributed by atoms with Crippen LogP contribution in [0, 0.1) is 11.8 Å². The maximum atomic E-state index is 13.7. The van der Waals surface area contributed by atoms with Gasteiger partial charge >= 0.3 is 11.9 Å². The average Bonchev–Trinajstić information content (AvgIpc) is 3.55. The molecule has 3 bridgehead atoms. The van der Waals surface area contributed by atoms with E-state index < -0.39 is 82.5 Å². The van der Waals surface area contributed by atoms with Gasteiger partial charge in [0.25, 0.3) is 0 Å². The van der Waals surface area contributed by atoms with Gasteiger partial charge < -0.3 is 39.0 Å². The van der Waals surface area contributed by atoms with Gasteiger partial charge in [-0.25, -0.2) is 4.79 Å². The van der Waals surface area contributed by atoms with E-state index in [0.29, 0.717) is 16.7 Å². The minimum Gasteiger partial charge on any atom is -0.455 e. The molecule has 10 nitrogen and oxygen atoms in total. The lowest BCUT2D eigenvalue weighted by atomic mass is 9.45. The Morgan fingerprint density at radius 3 is 2.33 bits per heavy atom. The molecule has 5 fully saturated rings. The molecule has 8 rings (SSSR count). The van der Waals surface area contributed by atoms with Crippen molar-refractivity contribution >= 4 is 11.8 Å². The number of hydrogen-bond donors (Lipinski definition) is 3. The standard InChI is InChI=1S/C33H32O10/c1-17(2)30-24(39-25(36)20-11-7-5-8-12-20)19(4)31-22-15-18(3)23(35)29(22,38)26(37)28(16-34)32(31,41-28)27(30)40-33(42-30,43-31)21-13-9-6-10-14-21/h5-15,19,22,24,26-27,34,37-38H,1,16H2,2-4H3. The van der Waals surface area contributed by atoms with E-state index in [9.17, 15) is 24.9 Å². The van der Waals surface area contributed by atoms with Gasteiger partial charge in [0.2, 0.25) is 0 Å². The van der Waals surface area contributed by atoms with Crippen LogP contribution in [0.3, 0.4) is 0 Å². The van der Waals surface area contributed by atoms with Crippen molar-refractivity contribution in [1.82, 2.24) is 0 Å². The average molecular weight is 589 g/mol. The van der Waals surface area contributed by atoms with Gasteiger partial charge in [-0.15, -0.1) is 0 Å². The van der Waals surface area contributed by atoms with E-state index in [1.54, 1.807) is 81.4 Å². The van der Waals surface area contributed by atoms with Gasteiger partial charge in [0.1, 0.15) is 23.9 Å². The van der Waals surface area contributed by atoms with Crippen molar-refractivity contribution in [2.75, 3.05) is 6.61 Å². The van der Waals surface area contributed by atoms with Crippen molar-refractivity contribution in [1.29, 1.82) is 0 Å². The smallest absolute Gasteiger partial charge is 0.338 e. The van der Waals surface area contributed by atoms with Crippen LogP contribution in [0.25, 0.3) is 0 Å². The monoisotopic (exact) mass is 588 g/mol. The fourth-order valence-electron chi connectivity index (χ4n) is 9.07. The molecule has 43 heavy (non-hydrogen) atoms. The summed E-state index contributed by atoms with van der Waals surface area (Å²) < 4.78 is 33.5. The van der Waals surface area contributed by atoms with Crippen molar-refractivity contribution in [3.8, 4) is 0 Å². The van der Waals surface area contributed by atoms with E-state index in [4.69, 9.17) is 23.7 Å². The van der Waals surface area contributed by atoms with Crippen LogP contribution in [0.4, 0.5) is 0 Å². The molecule has 3 heterocycles. The van der Waals surface area contributed by atoms with E-state index in [2.05, 4.69) is 6.58 Å². The highest BCUT2D eigenvalue weighted by molar-refractivity contribution is 6.05. The molecular weight excluding hydrogens is 556 g/mol. The molecule has 1 spiro atoms. The normalized spacial score (nSPS) is 48.2. The Morgan fingerprint density at radius 1 is 1.05 bits per heavy atom. The second-order valence-electron chi connectivity index (χ2n) is 12.7. The lowest BCUT2D eigenvalue weighted by Crippen LogP contribution is -2.86. The topological polar surface area (TPSA) is 144 Å². The maximum Gasteiger partial charge on any atom is 0.338 e. The highest BCUT2D eigenvalue weighted by Crippen LogP contribution is 2.81. The molecule has 3 aliphatic heterocycles. The van der Waals surface area contributed by atoms with Gasteiger partial charge in [0.05, 0.1) is 12.2 Å². The Labute approximate surface area is 247 Å². The molecule has 11 unspecified atom stereocenters. The first kappa shape index (κ1) is 27.3. The Balaban J connectivity index is 1.42. The maximum absolute atomic E-state index is 13.7. The molecule has 10 heteroatoms. The molecule has 2 aromatic rings. The zero-order valence-corrected chi connectivity index (χ0v) is 23.9. The number of ketones is 1. The zero-order valence-electron chi connectivity index (χ0n) is 23.9. The number of ether oxygens (including phenoxy) is 5. The summed E-state index contributed by atoms with van der Waals surface area (Å²) in [6, 6.07) is 17.4. The largest absolute Gasteiger partial charge is 0.455 e. The SMILES string of the molecule is C=C(C)C12OC3(c4ccccc4)OC1C14OC1(CO)C(O)C1(O)C(=O)C(C)=CC1C4(O3)C(C)C2OC(=O)c1ccccc1. The van der Waals surface area contributed by atoms with E-state index in [0.717, 1.165) is 0 Å². The number of benzene rings is 2. The van der Waals surface area contributed by atoms with Crippen LogP contribution in [-0.2, 0) is 34.5 Å². The summed E-state index contributed by atoms with van der Waals surface area (Å²) in [6.45, 7) is 8.57. The number of Topliss-reactive ketones (excluding diaryl/α,β-unsaturated/α-hetero) is 1. The zero-order chi connectivity index (χ0) is 30.4. The first-order chi connectivity index (χ1) is 20.4. The van der Waals surface area contributed by atoms with Crippen LogP contribution < -0.4 is 0 Å². The number of aliphatic hydroxyl groups is 3. The molecule has 6 aliphatic rings. The van der Waals surface area contributed by atoms with Crippen LogP contribution in [0.5, 0.6) is 0 Å². The predicted octanol–water partition coefficient (Wildman–Crippen LogP) is 1.92. The number of aliphatic hydroxyl groups excluding tert-OH is 2. The highest BCUT2D eigenvalue weighted by atomic mass is 16.9. The minimum absolute atomic E-state index is 0.226. The Hall–Kier alpha value is -3.22. The van der Waals surface area contributed by atoms with Crippen molar-refractivity contribution in [3.05, 3.63) is 95.6 Å². The molecule has 3 saturated heterocycles. The lowest BCUT2D eigenvalue weighted by molar-refractivity contribution is -0.446. The summed E-state index contributed by atoms with van der Waals surface area (Å²) in [5.74, 6) is -5.26. The molecular formula is C33H32O10. The molecule has 224 valence electrons. The van der Waals surface area contributed by atoms with Gasteiger partial charge in [0.15, 0.2) is 28.2 Å². The third kappa shape index (κ3) is 2.65. The number of fused-ring (bicyclic) bond motifs is 2. The van der Waals surface area contributed by atoms with E-state index >= 15 is 0 Å². The van der Waals surface area contributed by atoms with Gasteiger partial charge in [-0.05, 0) is 37.1 Å². The third-order valence-electron chi connectivity index (χ3n) is 10.9. The number of esters is 1. The van der Waals surface area contributed by atoms with E-state index in [1.165, 1.54) is 0 Å². The van der Waals surface area contributed by atoms with Crippen molar-refractivity contribution in [3.63, 3.8) is 0 Å². The van der Waals surface area contributed by atoms with Crippen LogP contribution in [-0.4, -0.2) is 80.0 Å². The van der Waals surface area contributed by atoms with Crippen LogP contribution >= 0.6 is 0 Å². The van der Waals surface area contributed by atoms with Gasteiger partial charge in [0, 0.05) is 17.4 Å². The van der Waals surface area contributed by atoms with Gasteiger partial charge in [-0.1, -0.05) is 68.1 Å². The Kier molecular flexibility index (Phi) is 5.14. The summed E-state index contributed by atoms with van der Waals surface area (Å²) in [7, 11) is 0. The highest BCUT2D eigenvalue weighted by Gasteiger charge is 3.02. The quantitative estimate of drug-likeness (QED) is 0.269. The van der Waals surface area contributed by atoms with Gasteiger partial charge in [-0.2, -0.15) is 0 Å². The number of epoxide rings is 1. The summed E-state index contributed by atoms with van der Waals surface area (Å²) in [5.41, 5.74) is -7.74. The number of rotatable bonds is 5.